The summed E-state index contributed by atoms with van der Waals surface area (Å²) in [6.45, 7) is 5.93. The van der Waals surface area contributed by atoms with Crippen LogP contribution >= 0.6 is 0 Å². The van der Waals surface area contributed by atoms with Crippen LogP contribution in [0.4, 0.5) is 0 Å². The number of nitrogens with one attached hydrogen (secondary N) is 1. The van der Waals surface area contributed by atoms with E-state index in [1.807, 2.05) is 33.0 Å². The third-order valence-electron chi connectivity index (χ3n) is 2.55. The van der Waals surface area contributed by atoms with Crippen LogP contribution in [-0.4, -0.2) is 18.2 Å². The van der Waals surface area contributed by atoms with Gasteiger partial charge in [0, 0.05) is 6.04 Å². The van der Waals surface area contributed by atoms with Gasteiger partial charge in [-0.15, -0.1) is 0 Å². The average Bonchev–Trinajstić information content (AvgIpc) is 2.22. The quantitative estimate of drug-likeness (QED) is 0.795. The van der Waals surface area contributed by atoms with Gasteiger partial charge in [-0.1, -0.05) is 12.2 Å². The number of hydrogen-bond acceptors (Lipinski definition) is 2. The number of aromatic hydroxyl groups is 1. The lowest BCUT2D eigenvalue weighted by Crippen LogP contribution is -2.17. The number of rotatable bonds is 3. The largest absolute Gasteiger partial charge is 0.507 e. The molecule has 0 saturated heterocycles. The maximum Gasteiger partial charge on any atom is 0.121 e. The first kappa shape index (κ1) is 11.8. The molecule has 0 amide bonds. The number of hydrogen-bond donors (Lipinski definition) is 2. The van der Waals surface area contributed by atoms with Crippen LogP contribution in [0.1, 0.15) is 23.6 Å². The highest BCUT2D eigenvalue weighted by molar-refractivity contribution is 5.56. The van der Waals surface area contributed by atoms with E-state index in [0.717, 1.165) is 16.7 Å². The lowest BCUT2D eigenvalue weighted by molar-refractivity contribution is 0.467. The van der Waals surface area contributed by atoms with Crippen molar-refractivity contribution in [1.82, 2.24) is 5.32 Å². The Kier molecular flexibility index (Phi) is 3.92. The highest BCUT2D eigenvalue weighted by Gasteiger charge is 2.01. The van der Waals surface area contributed by atoms with Crippen LogP contribution in [0.15, 0.2) is 18.2 Å². The molecule has 0 aliphatic rings. The zero-order valence-electron chi connectivity index (χ0n) is 9.83. The lowest BCUT2D eigenvalue weighted by Gasteiger charge is -2.06. The van der Waals surface area contributed by atoms with Crippen molar-refractivity contribution in [3.05, 3.63) is 34.9 Å². The molecule has 0 bridgehead atoms. The van der Waals surface area contributed by atoms with E-state index < -0.39 is 0 Å². The van der Waals surface area contributed by atoms with Crippen LogP contribution in [0.25, 0.3) is 6.08 Å². The molecule has 15 heavy (non-hydrogen) atoms. The zero-order chi connectivity index (χ0) is 11.4. The smallest absolute Gasteiger partial charge is 0.121 e. The molecule has 82 valence electrons. The first-order chi connectivity index (χ1) is 7.04. The number of benzene rings is 1. The zero-order valence-corrected chi connectivity index (χ0v) is 9.83. The van der Waals surface area contributed by atoms with Crippen LogP contribution in [0.2, 0.25) is 0 Å². The van der Waals surface area contributed by atoms with Crippen LogP contribution in [0, 0.1) is 13.8 Å². The molecule has 2 N–H and O–H groups in total. The monoisotopic (exact) mass is 205 g/mol. The second kappa shape index (κ2) is 4.99. The third-order valence-corrected chi connectivity index (χ3v) is 2.55. The van der Waals surface area contributed by atoms with Crippen molar-refractivity contribution in [3.8, 4) is 5.75 Å². The topological polar surface area (TPSA) is 32.3 Å². The molecule has 0 fully saturated rings. The maximum atomic E-state index is 9.62. The van der Waals surface area contributed by atoms with Gasteiger partial charge in [-0.2, -0.15) is 0 Å². The number of aryl methyl sites for hydroxylation is 2. The number of phenols is 1. The van der Waals surface area contributed by atoms with Gasteiger partial charge in [0.25, 0.3) is 0 Å². The Bertz CT molecular complexity index is 346. The Balaban J connectivity index is 2.92. The standard InChI is InChI=1S/C13H19NO/c1-9-7-12(6-5-11(3)14-4)8-10(2)13(9)15/h5-8,11,14-15H,1-4H3/b6-5+. The van der Waals surface area contributed by atoms with Crippen molar-refractivity contribution in [2.45, 2.75) is 26.8 Å². The molecule has 0 heterocycles. The first-order valence-electron chi connectivity index (χ1n) is 5.20. The van der Waals surface area contributed by atoms with Crippen molar-refractivity contribution in [2.75, 3.05) is 7.05 Å². The van der Waals surface area contributed by atoms with Crippen molar-refractivity contribution >= 4 is 6.08 Å². The second-order valence-electron chi connectivity index (χ2n) is 3.94. The molecular formula is C13H19NO. The van der Waals surface area contributed by atoms with Gasteiger partial charge < -0.3 is 10.4 Å². The van der Waals surface area contributed by atoms with Gasteiger partial charge in [0.15, 0.2) is 0 Å². The van der Waals surface area contributed by atoms with Gasteiger partial charge in [-0.3, -0.25) is 0 Å². The van der Waals surface area contributed by atoms with E-state index in [1.165, 1.54) is 0 Å². The van der Waals surface area contributed by atoms with E-state index in [0.29, 0.717) is 11.8 Å². The van der Waals surface area contributed by atoms with Crippen LogP contribution in [0.3, 0.4) is 0 Å². The number of likely N-dealkylation sites (N-methyl/N-ethyl adjacent to an activating group) is 1. The molecule has 1 atom stereocenters. The molecule has 0 saturated carbocycles. The Morgan fingerprint density at radius 3 is 2.27 bits per heavy atom. The predicted octanol–water partition coefficient (Wildman–Crippen LogP) is 2.63. The molecule has 2 heteroatoms. The minimum Gasteiger partial charge on any atom is -0.507 e. The molecule has 1 unspecified atom stereocenters. The normalized spacial score (nSPS) is 13.3. The summed E-state index contributed by atoms with van der Waals surface area (Å²) in [6.07, 6.45) is 4.17. The van der Waals surface area contributed by atoms with Crippen LogP contribution < -0.4 is 5.32 Å². The van der Waals surface area contributed by atoms with E-state index >= 15 is 0 Å². The van der Waals surface area contributed by atoms with Crippen molar-refractivity contribution < 1.29 is 5.11 Å². The molecular weight excluding hydrogens is 186 g/mol. The van der Waals surface area contributed by atoms with Gasteiger partial charge in [-0.05, 0) is 56.6 Å². The lowest BCUT2D eigenvalue weighted by atomic mass is 10.0. The van der Waals surface area contributed by atoms with Gasteiger partial charge in [0.1, 0.15) is 5.75 Å². The molecule has 0 aliphatic carbocycles. The molecule has 1 aromatic rings. The first-order valence-corrected chi connectivity index (χ1v) is 5.20. The van der Waals surface area contributed by atoms with E-state index in [1.54, 1.807) is 0 Å². The average molecular weight is 205 g/mol. The van der Waals surface area contributed by atoms with E-state index in [4.69, 9.17) is 0 Å². The molecule has 0 spiro atoms. The fraction of sp³-hybridized carbons (Fsp3) is 0.385. The van der Waals surface area contributed by atoms with E-state index in [-0.39, 0.29) is 0 Å². The molecule has 0 aromatic heterocycles. The Morgan fingerprint density at radius 2 is 1.80 bits per heavy atom. The Hall–Kier alpha value is -1.28. The van der Waals surface area contributed by atoms with Crippen molar-refractivity contribution in [3.63, 3.8) is 0 Å². The predicted molar refractivity (Wildman–Crippen MR) is 65.1 cm³/mol. The highest BCUT2D eigenvalue weighted by Crippen LogP contribution is 2.23. The molecule has 1 aromatic carbocycles. The minimum atomic E-state index is 0.361. The summed E-state index contributed by atoms with van der Waals surface area (Å²) in [5, 5.41) is 12.8. The van der Waals surface area contributed by atoms with E-state index in [2.05, 4.69) is 24.4 Å². The maximum absolute atomic E-state index is 9.62. The minimum absolute atomic E-state index is 0.361. The van der Waals surface area contributed by atoms with Gasteiger partial charge in [-0.25, -0.2) is 0 Å². The fourth-order valence-electron chi connectivity index (χ4n) is 1.44. The summed E-state index contributed by atoms with van der Waals surface area (Å²) >= 11 is 0. The van der Waals surface area contributed by atoms with Crippen molar-refractivity contribution in [1.29, 1.82) is 0 Å². The summed E-state index contributed by atoms with van der Waals surface area (Å²) in [7, 11) is 1.93. The molecule has 1 rings (SSSR count). The summed E-state index contributed by atoms with van der Waals surface area (Å²) in [5.74, 6) is 0.397. The number of phenolic OH excluding ortho intramolecular Hbond substituents is 1. The summed E-state index contributed by atoms with van der Waals surface area (Å²) in [4.78, 5) is 0. The van der Waals surface area contributed by atoms with Gasteiger partial charge >= 0.3 is 0 Å². The third kappa shape index (κ3) is 3.10. The second-order valence-corrected chi connectivity index (χ2v) is 3.94. The summed E-state index contributed by atoms with van der Waals surface area (Å²) < 4.78 is 0. The van der Waals surface area contributed by atoms with E-state index in [9.17, 15) is 5.11 Å². The molecule has 0 aliphatic heterocycles. The van der Waals surface area contributed by atoms with Gasteiger partial charge in [0.2, 0.25) is 0 Å². The summed E-state index contributed by atoms with van der Waals surface area (Å²) in [5.41, 5.74) is 2.98. The molecule has 2 nitrogen and oxygen atoms in total. The van der Waals surface area contributed by atoms with Crippen LogP contribution in [0.5, 0.6) is 5.75 Å². The fourth-order valence-corrected chi connectivity index (χ4v) is 1.44. The Labute approximate surface area is 91.6 Å². The molecule has 0 radical (unpaired) electrons. The highest BCUT2D eigenvalue weighted by atomic mass is 16.3. The van der Waals surface area contributed by atoms with Crippen LogP contribution in [-0.2, 0) is 0 Å². The Morgan fingerprint density at radius 1 is 1.27 bits per heavy atom. The van der Waals surface area contributed by atoms with Crippen molar-refractivity contribution in [2.24, 2.45) is 0 Å². The van der Waals surface area contributed by atoms with Gasteiger partial charge in [0.05, 0.1) is 0 Å². The SMILES string of the molecule is CNC(C)/C=C/c1cc(C)c(O)c(C)c1. The summed E-state index contributed by atoms with van der Waals surface area (Å²) in [6, 6.07) is 4.34.